The van der Waals surface area contributed by atoms with Crippen LogP contribution in [0.2, 0.25) is 0 Å². The lowest BCUT2D eigenvalue weighted by molar-refractivity contribution is -0.159. The third-order valence-corrected chi connectivity index (χ3v) is 3.16. The molecule has 132 valence electrons. The van der Waals surface area contributed by atoms with E-state index in [1.165, 1.54) is 19.2 Å². The number of methoxy groups -OCH3 is 1. The molecule has 1 N–H and O–H groups in total. The molecule has 0 aliphatic rings. The molecular weight excluding hydrogens is 339 g/mol. The van der Waals surface area contributed by atoms with Crippen LogP contribution in [0.5, 0.6) is 0 Å². The monoisotopic (exact) mass is 353 g/mol. The molecule has 2 rings (SSSR count). The highest BCUT2D eigenvalue weighted by atomic mass is 19.4. The van der Waals surface area contributed by atoms with Crippen LogP contribution >= 0.6 is 0 Å². The molecule has 1 aromatic carbocycles. The quantitative estimate of drug-likeness (QED) is 0.638. The van der Waals surface area contributed by atoms with Crippen LogP contribution in [-0.4, -0.2) is 23.2 Å². The average molecular weight is 353 g/mol. The van der Waals surface area contributed by atoms with E-state index in [-0.39, 0.29) is 18.2 Å². The minimum absolute atomic E-state index is 0.164. The van der Waals surface area contributed by atoms with Gasteiger partial charge in [-0.15, -0.1) is 12.3 Å². The van der Waals surface area contributed by atoms with Crippen LogP contribution in [0, 0.1) is 12.3 Å². The van der Waals surface area contributed by atoms with Crippen LogP contribution in [0.4, 0.5) is 13.2 Å². The van der Waals surface area contributed by atoms with E-state index in [4.69, 9.17) is 11.2 Å². The van der Waals surface area contributed by atoms with Crippen LogP contribution in [0.15, 0.2) is 28.8 Å². The predicted molar refractivity (Wildman–Crippen MR) is 80.7 cm³/mol. The van der Waals surface area contributed by atoms with E-state index in [1.54, 1.807) is 12.1 Å². The molecule has 0 bridgehead atoms. The number of terminal acetylenes is 1. The van der Waals surface area contributed by atoms with Crippen LogP contribution in [0.3, 0.4) is 0 Å². The van der Waals surface area contributed by atoms with Crippen LogP contribution in [-0.2, 0) is 15.7 Å². The summed E-state index contributed by atoms with van der Waals surface area (Å²) >= 11 is 0. The minimum Gasteiger partial charge on any atom is -0.357 e. The Morgan fingerprint density at radius 2 is 2.08 bits per heavy atom. The Balaban J connectivity index is 2.11. The van der Waals surface area contributed by atoms with Gasteiger partial charge in [0.05, 0.1) is 0 Å². The Morgan fingerprint density at radius 3 is 2.60 bits per heavy atom. The van der Waals surface area contributed by atoms with E-state index in [2.05, 4.69) is 25.9 Å². The van der Waals surface area contributed by atoms with Gasteiger partial charge in [0, 0.05) is 31.1 Å². The Labute approximate surface area is 141 Å². The molecule has 0 radical (unpaired) electrons. The fourth-order valence-electron chi connectivity index (χ4n) is 1.95. The summed E-state index contributed by atoms with van der Waals surface area (Å²) < 4.78 is 46.8. The highest BCUT2D eigenvalue weighted by Gasteiger charge is 2.38. The first-order valence-corrected chi connectivity index (χ1v) is 7.12. The number of carbonyl (C=O) groups is 1. The van der Waals surface area contributed by atoms with Crippen LogP contribution in [0.1, 0.15) is 30.5 Å². The maximum atomic E-state index is 12.5. The van der Waals surface area contributed by atoms with Crippen molar-refractivity contribution in [1.82, 2.24) is 15.5 Å². The summed E-state index contributed by atoms with van der Waals surface area (Å²) in [6.07, 6.45) is 0.159. The van der Waals surface area contributed by atoms with E-state index in [0.29, 0.717) is 17.5 Å². The SMILES string of the molecule is C#CCCC(=O)NC(OC)c1ccc(-c2noc(C(F)(F)F)n2)cc1. The summed E-state index contributed by atoms with van der Waals surface area (Å²) in [5.41, 5.74) is 0.927. The number of nitrogens with one attached hydrogen (secondary N) is 1. The Bertz CT molecular complexity index is 763. The number of alkyl halides is 3. The van der Waals surface area contributed by atoms with Crippen molar-refractivity contribution in [3.63, 3.8) is 0 Å². The Morgan fingerprint density at radius 1 is 1.40 bits per heavy atom. The first kappa shape index (κ1) is 18.5. The standard InChI is InChI=1S/C16H14F3N3O3/c1-3-4-5-12(23)20-14(24-2)11-8-6-10(7-9-11)13-21-15(25-22-13)16(17,18)19/h1,6-9,14H,4-5H2,2H3,(H,20,23). The van der Waals surface area contributed by atoms with E-state index < -0.39 is 18.3 Å². The number of hydrogen-bond acceptors (Lipinski definition) is 5. The molecule has 9 heteroatoms. The number of rotatable bonds is 6. The third kappa shape index (κ3) is 4.81. The summed E-state index contributed by atoms with van der Waals surface area (Å²) in [7, 11) is 1.41. The molecule has 1 unspecified atom stereocenters. The number of ether oxygens (including phenoxy) is 1. The summed E-state index contributed by atoms with van der Waals surface area (Å²) in [6.45, 7) is 0. The summed E-state index contributed by atoms with van der Waals surface area (Å²) in [5.74, 6) is 0.484. The van der Waals surface area contributed by atoms with Gasteiger partial charge in [0.2, 0.25) is 11.7 Å². The maximum Gasteiger partial charge on any atom is 0.471 e. The van der Waals surface area contributed by atoms with Crippen molar-refractivity contribution in [2.75, 3.05) is 7.11 Å². The van der Waals surface area contributed by atoms with Gasteiger partial charge in [-0.2, -0.15) is 18.2 Å². The highest BCUT2D eigenvalue weighted by Crippen LogP contribution is 2.29. The van der Waals surface area contributed by atoms with Crippen molar-refractivity contribution < 1.29 is 27.2 Å². The molecule has 0 aliphatic heterocycles. The van der Waals surface area contributed by atoms with Crippen molar-refractivity contribution >= 4 is 5.91 Å². The highest BCUT2D eigenvalue weighted by molar-refractivity contribution is 5.76. The number of hydrogen-bond donors (Lipinski definition) is 1. The largest absolute Gasteiger partial charge is 0.471 e. The number of carbonyl (C=O) groups excluding carboxylic acids is 1. The minimum atomic E-state index is -4.70. The second-order valence-corrected chi connectivity index (χ2v) is 4.93. The zero-order valence-electron chi connectivity index (χ0n) is 13.1. The number of benzene rings is 1. The molecule has 0 aliphatic carbocycles. The normalized spacial score (nSPS) is 12.4. The molecule has 0 saturated heterocycles. The Kier molecular flexibility index (Phi) is 5.77. The molecular formula is C16H14F3N3O3. The molecule has 1 amide bonds. The predicted octanol–water partition coefficient (Wildman–Crippen LogP) is 2.93. The number of aromatic nitrogens is 2. The van der Waals surface area contributed by atoms with Gasteiger partial charge in [-0.05, 0) is 0 Å². The summed E-state index contributed by atoms with van der Waals surface area (Å²) in [6, 6.07) is 6.16. The maximum absolute atomic E-state index is 12.5. The molecule has 1 aromatic heterocycles. The van der Waals surface area contributed by atoms with Crippen LogP contribution in [0.25, 0.3) is 11.4 Å². The lowest BCUT2D eigenvalue weighted by Gasteiger charge is -2.17. The van der Waals surface area contributed by atoms with Crippen molar-refractivity contribution in [3.05, 3.63) is 35.7 Å². The smallest absolute Gasteiger partial charge is 0.357 e. The number of nitrogens with zero attached hydrogens (tertiary/aromatic N) is 2. The summed E-state index contributed by atoms with van der Waals surface area (Å²) in [5, 5.41) is 5.95. The zero-order valence-corrected chi connectivity index (χ0v) is 13.1. The van der Waals surface area contributed by atoms with Crippen molar-refractivity contribution in [3.8, 4) is 23.7 Å². The fraction of sp³-hybridized carbons (Fsp3) is 0.312. The van der Waals surface area contributed by atoms with Gasteiger partial charge in [0.15, 0.2) is 6.23 Å². The zero-order chi connectivity index (χ0) is 18.4. The van der Waals surface area contributed by atoms with Crippen molar-refractivity contribution in [1.29, 1.82) is 0 Å². The lowest BCUT2D eigenvalue weighted by Crippen LogP contribution is -2.29. The topological polar surface area (TPSA) is 77.2 Å². The van der Waals surface area contributed by atoms with E-state index in [9.17, 15) is 18.0 Å². The average Bonchev–Trinajstić information content (AvgIpc) is 3.08. The van der Waals surface area contributed by atoms with E-state index in [0.717, 1.165) is 0 Å². The summed E-state index contributed by atoms with van der Waals surface area (Å²) in [4.78, 5) is 15.0. The van der Waals surface area contributed by atoms with Gasteiger partial charge in [-0.1, -0.05) is 29.4 Å². The molecule has 1 heterocycles. The molecule has 0 saturated carbocycles. The van der Waals surface area contributed by atoms with Crippen molar-refractivity contribution in [2.45, 2.75) is 25.2 Å². The first-order chi connectivity index (χ1) is 11.8. The molecule has 0 spiro atoms. The molecule has 0 fully saturated rings. The van der Waals surface area contributed by atoms with Gasteiger partial charge in [-0.25, -0.2) is 0 Å². The van der Waals surface area contributed by atoms with E-state index >= 15 is 0 Å². The third-order valence-electron chi connectivity index (χ3n) is 3.16. The fourth-order valence-corrected chi connectivity index (χ4v) is 1.95. The molecule has 1 atom stereocenters. The van der Waals surface area contributed by atoms with Gasteiger partial charge in [-0.3, -0.25) is 4.79 Å². The van der Waals surface area contributed by atoms with Gasteiger partial charge < -0.3 is 14.6 Å². The van der Waals surface area contributed by atoms with Crippen LogP contribution < -0.4 is 5.32 Å². The number of halogens is 3. The second kappa shape index (κ2) is 7.81. The molecule has 2 aromatic rings. The number of amides is 1. The first-order valence-electron chi connectivity index (χ1n) is 7.12. The lowest BCUT2D eigenvalue weighted by atomic mass is 10.1. The molecule has 6 nitrogen and oxygen atoms in total. The van der Waals surface area contributed by atoms with Gasteiger partial charge in [0.1, 0.15) is 0 Å². The van der Waals surface area contributed by atoms with Crippen molar-refractivity contribution in [2.24, 2.45) is 0 Å². The second-order valence-electron chi connectivity index (χ2n) is 4.93. The Hall–Kier alpha value is -2.86. The van der Waals surface area contributed by atoms with E-state index in [1.807, 2.05) is 0 Å². The molecule has 25 heavy (non-hydrogen) atoms. The van der Waals surface area contributed by atoms with Gasteiger partial charge >= 0.3 is 12.1 Å². The van der Waals surface area contributed by atoms with Gasteiger partial charge in [0.25, 0.3) is 0 Å².